The Morgan fingerprint density at radius 3 is 2.63 bits per heavy atom. The molecule has 0 bridgehead atoms. The van der Waals surface area contributed by atoms with E-state index >= 15 is 0 Å². The van der Waals surface area contributed by atoms with E-state index in [2.05, 4.69) is 5.10 Å². The van der Waals surface area contributed by atoms with Crippen LogP contribution >= 0.6 is 0 Å². The van der Waals surface area contributed by atoms with Gasteiger partial charge in [0.05, 0.1) is 13.2 Å². The number of amides is 2. The molecule has 2 saturated heterocycles. The van der Waals surface area contributed by atoms with E-state index in [-0.39, 0.29) is 18.0 Å². The van der Waals surface area contributed by atoms with Gasteiger partial charge in [0.15, 0.2) is 5.69 Å². The number of ether oxygens (including phenoxy) is 2. The predicted molar refractivity (Wildman–Crippen MR) is 99.5 cm³/mol. The Morgan fingerprint density at radius 2 is 2.07 bits per heavy atom. The number of aryl methyl sites for hydroxylation is 2. The Hall–Kier alpha value is -2.09. The third kappa shape index (κ3) is 4.61. The Morgan fingerprint density at radius 1 is 1.33 bits per heavy atom. The van der Waals surface area contributed by atoms with Crippen LogP contribution in [0.25, 0.3) is 0 Å². The van der Waals surface area contributed by atoms with Crippen molar-refractivity contribution in [3.05, 3.63) is 17.5 Å². The van der Waals surface area contributed by atoms with E-state index < -0.39 is 0 Å². The number of hydrogen-bond donors (Lipinski definition) is 0. The number of hydrogen-bond acceptors (Lipinski definition) is 5. The van der Waals surface area contributed by atoms with Crippen LogP contribution in [0.15, 0.2) is 6.07 Å². The van der Waals surface area contributed by atoms with E-state index in [0.29, 0.717) is 44.5 Å². The second kappa shape index (κ2) is 8.73. The number of aromatic nitrogens is 2. The number of carbonyl (C=O) groups is 2. The van der Waals surface area contributed by atoms with Gasteiger partial charge in [-0.15, -0.1) is 0 Å². The van der Waals surface area contributed by atoms with Crippen LogP contribution in [-0.2, 0) is 16.5 Å². The van der Waals surface area contributed by atoms with Crippen molar-refractivity contribution in [2.75, 3.05) is 39.5 Å². The van der Waals surface area contributed by atoms with E-state index in [4.69, 9.17) is 9.47 Å². The summed E-state index contributed by atoms with van der Waals surface area (Å²) >= 11 is 0. The van der Waals surface area contributed by atoms with Gasteiger partial charge in [-0.1, -0.05) is 0 Å². The summed E-state index contributed by atoms with van der Waals surface area (Å²) in [6.07, 6.45) is 2.22. The van der Waals surface area contributed by atoms with Gasteiger partial charge in [-0.3, -0.25) is 9.48 Å². The Labute approximate surface area is 160 Å². The molecule has 0 aliphatic carbocycles. The molecule has 2 amide bonds. The van der Waals surface area contributed by atoms with Crippen molar-refractivity contribution in [2.45, 2.75) is 39.2 Å². The molecule has 0 N–H and O–H groups in total. The molecule has 0 aromatic carbocycles. The van der Waals surface area contributed by atoms with Crippen molar-refractivity contribution in [3.8, 4) is 0 Å². The van der Waals surface area contributed by atoms with Gasteiger partial charge in [0.25, 0.3) is 5.91 Å². The molecule has 1 aromatic rings. The lowest BCUT2D eigenvalue weighted by Crippen LogP contribution is -2.50. The van der Waals surface area contributed by atoms with Gasteiger partial charge in [0.2, 0.25) is 0 Å². The molecular formula is C19H30N4O4. The van der Waals surface area contributed by atoms with Crippen LogP contribution in [0.3, 0.4) is 0 Å². The quantitative estimate of drug-likeness (QED) is 0.781. The third-order valence-corrected chi connectivity index (χ3v) is 5.50. The molecule has 1 aromatic heterocycles. The van der Waals surface area contributed by atoms with Crippen molar-refractivity contribution in [2.24, 2.45) is 13.0 Å². The summed E-state index contributed by atoms with van der Waals surface area (Å²) in [6, 6.07) is 1.94. The first-order chi connectivity index (χ1) is 13.0. The highest BCUT2D eigenvalue weighted by molar-refractivity contribution is 5.92. The molecule has 8 heteroatoms. The summed E-state index contributed by atoms with van der Waals surface area (Å²) in [4.78, 5) is 28.9. The van der Waals surface area contributed by atoms with Gasteiger partial charge in [0, 0.05) is 50.9 Å². The van der Waals surface area contributed by atoms with Crippen LogP contribution in [0, 0.1) is 12.8 Å². The number of likely N-dealkylation sites (tertiary alicyclic amines) is 1. The molecule has 8 nitrogen and oxygen atoms in total. The monoisotopic (exact) mass is 378 g/mol. The van der Waals surface area contributed by atoms with Crippen LogP contribution in [0.5, 0.6) is 0 Å². The maximum absolute atomic E-state index is 13.2. The van der Waals surface area contributed by atoms with E-state index in [1.54, 1.807) is 9.58 Å². The molecule has 3 rings (SSSR count). The van der Waals surface area contributed by atoms with Gasteiger partial charge in [-0.2, -0.15) is 5.10 Å². The third-order valence-electron chi connectivity index (χ3n) is 5.50. The lowest BCUT2D eigenvalue weighted by Gasteiger charge is -2.38. The van der Waals surface area contributed by atoms with Crippen LogP contribution in [-0.4, -0.2) is 77.1 Å². The lowest BCUT2D eigenvalue weighted by molar-refractivity contribution is 0.0481. The minimum absolute atomic E-state index is 0.0276. The van der Waals surface area contributed by atoms with E-state index in [0.717, 1.165) is 31.6 Å². The molecule has 150 valence electrons. The predicted octanol–water partition coefficient (Wildman–Crippen LogP) is 1.83. The fourth-order valence-electron chi connectivity index (χ4n) is 3.79. The van der Waals surface area contributed by atoms with E-state index in [9.17, 15) is 9.59 Å². The SMILES string of the molecule is CCOC(=O)N1CCC(N(C[C@@H]2CCOC2)C(=O)c2cc(C)n(C)n2)CC1. The van der Waals surface area contributed by atoms with Crippen molar-refractivity contribution in [3.63, 3.8) is 0 Å². The number of carbonyl (C=O) groups excluding carboxylic acids is 2. The smallest absolute Gasteiger partial charge is 0.409 e. The first kappa shape index (κ1) is 19.7. The van der Waals surface area contributed by atoms with E-state index in [1.807, 2.05) is 31.9 Å². The van der Waals surface area contributed by atoms with Gasteiger partial charge in [0.1, 0.15) is 0 Å². The lowest BCUT2D eigenvalue weighted by atomic mass is 10.00. The van der Waals surface area contributed by atoms with Crippen molar-refractivity contribution < 1.29 is 19.1 Å². The molecule has 0 unspecified atom stereocenters. The molecule has 2 fully saturated rings. The van der Waals surface area contributed by atoms with Gasteiger partial charge < -0.3 is 19.3 Å². The second-order valence-corrected chi connectivity index (χ2v) is 7.40. The zero-order valence-electron chi connectivity index (χ0n) is 16.5. The molecule has 0 radical (unpaired) electrons. The number of piperidine rings is 1. The molecule has 2 aliphatic heterocycles. The zero-order valence-corrected chi connectivity index (χ0v) is 16.5. The average molecular weight is 378 g/mol. The maximum atomic E-state index is 13.2. The molecular weight excluding hydrogens is 348 g/mol. The van der Waals surface area contributed by atoms with Crippen molar-refractivity contribution >= 4 is 12.0 Å². The Kier molecular flexibility index (Phi) is 6.36. The number of rotatable bonds is 5. The summed E-state index contributed by atoms with van der Waals surface area (Å²) in [7, 11) is 1.85. The fraction of sp³-hybridized carbons (Fsp3) is 0.737. The standard InChI is InChI=1S/C19H30N4O4/c1-4-27-19(25)22-8-5-16(6-9-22)23(12-15-7-10-26-13-15)18(24)17-11-14(2)21(3)20-17/h11,15-16H,4-10,12-13H2,1-3H3/t15-/m0/s1. The topological polar surface area (TPSA) is 76.9 Å². The summed E-state index contributed by atoms with van der Waals surface area (Å²) in [5, 5.41) is 4.38. The minimum atomic E-state index is -0.265. The molecule has 27 heavy (non-hydrogen) atoms. The first-order valence-corrected chi connectivity index (χ1v) is 9.80. The minimum Gasteiger partial charge on any atom is -0.450 e. The Balaban J connectivity index is 1.70. The molecule has 2 aliphatic rings. The van der Waals surface area contributed by atoms with Crippen LogP contribution in [0.2, 0.25) is 0 Å². The summed E-state index contributed by atoms with van der Waals surface area (Å²) < 4.78 is 12.3. The van der Waals surface area contributed by atoms with Gasteiger partial charge in [-0.05, 0) is 39.2 Å². The van der Waals surface area contributed by atoms with Gasteiger partial charge >= 0.3 is 6.09 Å². The molecule has 1 atom stereocenters. The highest BCUT2D eigenvalue weighted by Crippen LogP contribution is 2.23. The molecule has 0 spiro atoms. The fourth-order valence-corrected chi connectivity index (χ4v) is 3.79. The molecule has 3 heterocycles. The largest absolute Gasteiger partial charge is 0.450 e. The number of nitrogens with zero attached hydrogens (tertiary/aromatic N) is 4. The van der Waals surface area contributed by atoms with Crippen LogP contribution < -0.4 is 0 Å². The van der Waals surface area contributed by atoms with Crippen molar-refractivity contribution in [1.82, 2.24) is 19.6 Å². The van der Waals surface area contributed by atoms with Crippen LogP contribution in [0.4, 0.5) is 4.79 Å². The van der Waals surface area contributed by atoms with Crippen molar-refractivity contribution in [1.29, 1.82) is 0 Å². The van der Waals surface area contributed by atoms with Crippen LogP contribution in [0.1, 0.15) is 42.4 Å². The summed E-state index contributed by atoms with van der Waals surface area (Å²) in [6.45, 7) is 7.48. The summed E-state index contributed by atoms with van der Waals surface area (Å²) in [5.74, 6) is 0.335. The Bertz CT molecular complexity index is 641. The molecule has 0 saturated carbocycles. The highest BCUT2D eigenvalue weighted by atomic mass is 16.6. The highest BCUT2D eigenvalue weighted by Gasteiger charge is 2.33. The average Bonchev–Trinajstić information content (AvgIpc) is 3.29. The zero-order chi connectivity index (χ0) is 19.4. The normalized spacial score (nSPS) is 20.7. The van der Waals surface area contributed by atoms with E-state index in [1.165, 1.54) is 0 Å². The van der Waals surface area contributed by atoms with Gasteiger partial charge in [-0.25, -0.2) is 4.79 Å². The summed E-state index contributed by atoms with van der Waals surface area (Å²) in [5.41, 5.74) is 1.45. The first-order valence-electron chi connectivity index (χ1n) is 9.80. The second-order valence-electron chi connectivity index (χ2n) is 7.40. The maximum Gasteiger partial charge on any atom is 0.409 e.